The van der Waals surface area contributed by atoms with Crippen molar-refractivity contribution in [2.24, 2.45) is 11.8 Å². The van der Waals surface area contributed by atoms with Gasteiger partial charge < -0.3 is 9.47 Å². The second-order valence-electron chi connectivity index (χ2n) is 4.21. The molecule has 1 aromatic carbocycles. The third kappa shape index (κ3) is 2.96. The fraction of sp³-hybridized carbons (Fsp3) is 0.462. The van der Waals surface area contributed by atoms with Crippen molar-refractivity contribution in [1.82, 2.24) is 0 Å². The van der Waals surface area contributed by atoms with Gasteiger partial charge in [0.2, 0.25) is 0 Å². The highest BCUT2D eigenvalue weighted by molar-refractivity contribution is 5.75. The molecule has 2 unspecified atom stereocenters. The van der Waals surface area contributed by atoms with Gasteiger partial charge in [-0.2, -0.15) is 0 Å². The summed E-state index contributed by atoms with van der Waals surface area (Å²) in [7, 11) is 1.60. The SMILES string of the molecule is COc1ccc(COC(=O)C2CC2CF)cc1. The first-order valence-corrected chi connectivity index (χ1v) is 5.60. The second kappa shape index (κ2) is 5.17. The van der Waals surface area contributed by atoms with Crippen LogP contribution in [0.15, 0.2) is 24.3 Å². The maximum absolute atomic E-state index is 12.2. The molecule has 1 aliphatic carbocycles. The number of halogens is 1. The molecule has 17 heavy (non-hydrogen) atoms. The minimum absolute atomic E-state index is 0.113. The largest absolute Gasteiger partial charge is 0.497 e. The Morgan fingerprint density at radius 2 is 2.12 bits per heavy atom. The zero-order valence-electron chi connectivity index (χ0n) is 9.69. The van der Waals surface area contributed by atoms with E-state index in [0.717, 1.165) is 11.3 Å². The Kier molecular flexibility index (Phi) is 3.61. The summed E-state index contributed by atoms with van der Waals surface area (Å²) in [6.45, 7) is -0.194. The quantitative estimate of drug-likeness (QED) is 0.739. The summed E-state index contributed by atoms with van der Waals surface area (Å²) in [5, 5.41) is 0. The highest BCUT2D eigenvalue weighted by Gasteiger charge is 2.44. The van der Waals surface area contributed by atoms with E-state index in [1.807, 2.05) is 24.3 Å². The van der Waals surface area contributed by atoms with E-state index in [4.69, 9.17) is 9.47 Å². The molecule has 0 heterocycles. The van der Waals surface area contributed by atoms with Gasteiger partial charge in [0, 0.05) is 5.92 Å². The zero-order valence-corrected chi connectivity index (χ0v) is 9.69. The van der Waals surface area contributed by atoms with Crippen LogP contribution < -0.4 is 4.74 Å². The lowest BCUT2D eigenvalue weighted by Gasteiger charge is -2.05. The third-order valence-electron chi connectivity index (χ3n) is 2.96. The summed E-state index contributed by atoms with van der Waals surface area (Å²) < 4.78 is 22.3. The highest BCUT2D eigenvalue weighted by Crippen LogP contribution is 2.39. The van der Waals surface area contributed by atoms with Gasteiger partial charge >= 0.3 is 5.97 Å². The summed E-state index contributed by atoms with van der Waals surface area (Å²) >= 11 is 0. The number of hydrogen-bond donors (Lipinski definition) is 0. The Balaban J connectivity index is 1.79. The number of alkyl halides is 1. The summed E-state index contributed by atoms with van der Waals surface area (Å²) in [5.74, 6) is 0.139. The van der Waals surface area contributed by atoms with E-state index < -0.39 is 6.67 Å². The standard InChI is InChI=1S/C13H15FO3/c1-16-11-4-2-9(3-5-11)8-17-13(15)12-6-10(12)7-14/h2-5,10,12H,6-8H2,1H3. The van der Waals surface area contributed by atoms with Gasteiger partial charge in [-0.1, -0.05) is 12.1 Å². The van der Waals surface area contributed by atoms with Crippen LogP contribution >= 0.6 is 0 Å². The first-order valence-electron chi connectivity index (χ1n) is 5.60. The smallest absolute Gasteiger partial charge is 0.309 e. The molecule has 0 amide bonds. The van der Waals surface area contributed by atoms with Crippen LogP contribution in [0.1, 0.15) is 12.0 Å². The van der Waals surface area contributed by atoms with Crippen LogP contribution in [0.25, 0.3) is 0 Å². The molecule has 1 saturated carbocycles. The Labute approximate surface area is 99.5 Å². The maximum atomic E-state index is 12.2. The van der Waals surface area contributed by atoms with Crippen LogP contribution in [0.2, 0.25) is 0 Å². The van der Waals surface area contributed by atoms with E-state index in [1.165, 1.54) is 0 Å². The molecule has 2 rings (SSSR count). The number of ether oxygens (including phenoxy) is 2. The lowest BCUT2D eigenvalue weighted by molar-refractivity contribution is -0.147. The van der Waals surface area contributed by atoms with Gasteiger partial charge in [0.15, 0.2) is 0 Å². The molecule has 0 N–H and O–H groups in total. The minimum Gasteiger partial charge on any atom is -0.497 e. The average molecular weight is 238 g/mol. The van der Waals surface area contributed by atoms with Crippen molar-refractivity contribution in [3.63, 3.8) is 0 Å². The van der Waals surface area contributed by atoms with Gasteiger partial charge in [0.1, 0.15) is 12.4 Å². The molecule has 0 radical (unpaired) electrons. The van der Waals surface area contributed by atoms with Crippen molar-refractivity contribution in [2.45, 2.75) is 13.0 Å². The van der Waals surface area contributed by atoms with Crippen LogP contribution in [-0.2, 0) is 16.1 Å². The van der Waals surface area contributed by atoms with Crippen LogP contribution in [0, 0.1) is 11.8 Å². The maximum Gasteiger partial charge on any atom is 0.309 e. The molecule has 0 aliphatic heterocycles. The Bertz CT molecular complexity index is 388. The summed E-state index contributed by atoms with van der Waals surface area (Å²) in [6.07, 6.45) is 0.623. The van der Waals surface area contributed by atoms with Gasteiger partial charge in [0.25, 0.3) is 0 Å². The Morgan fingerprint density at radius 3 is 2.65 bits per heavy atom. The van der Waals surface area contributed by atoms with Crippen molar-refractivity contribution in [2.75, 3.05) is 13.8 Å². The van der Waals surface area contributed by atoms with E-state index in [0.29, 0.717) is 6.42 Å². The molecule has 2 atom stereocenters. The number of benzene rings is 1. The molecule has 1 aliphatic rings. The van der Waals surface area contributed by atoms with Crippen molar-refractivity contribution >= 4 is 5.97 Å². The predicted molar refractivity (Wildman–Crippen MR) is 60.4 cm³/mol. The number of carbonyl (C=O) groups excluding carboxylic acids is 1. The van der Waals surface area contributed by atoms with E-state index in [9.17, 15) is 9.18 Å². The molecule has 4 heteroatoms. The molecule has 1 fully saturated rings. The van der Waals surface area contributed by atoms with Gasteiger partial charge in [-0.05, 0) is 24.1 Å². The number of hydrogen-bond acceptors (Lipinski definition) is 3. The Hall–Kier alpha value is -1.58. The molecule has 0 saturated heterocycles. The number of methoxy groups -OCH3 is 1. The van der Waals surface area contributed by atoms with E-state index >= 15 is 0 Å². The lowest BCUT2D eigenvalue weighted by Crippen LogP contribution is -2.08. The van der Waals surface area contributed by atoms with E-state index in [-0.39, 0.29) is 24.4 Å². The fourth-order valence-corrected chi connectivity index (χ4v) is 1.69. The van der Waals surface area contributed by atoms with Crippen molar-refractivity contribution in [3.8, 4) is 5.75 Å². The summed E-state index contributed by atoms with van der Waals surface area (Å²) in [6, 6.07) is 7.30. The zero-order chi connectivity index (χ0) is 12.3. The lowest BCUT2D eigenvalue weighted by atomic mass is 10.2. The molecule has 1 aromatic rings. The van der Waals surface area contributed by atoms with E-state index in [1.54, 1.807) is 7.11 Å². The van der Waals surface area contributed by atoms with Crippen LogP contribution in [0.3, 0.4) is 0 Å². The van der Waals surface area contributed by atoms with E-state index in [2.05, 4.69) is 0 Å². The van der Waals surface area contributed by atoms with Crippen LogP contribution in [-0.4, -0.2) is 19.8 Å². The number of carbonyl (C=O) groups is 1. The minimum atomic E-state index is -0.428. The topological polar surface area (TPSA) is 35.5 Å². The first kappa shape index (κ1) is 11.9. The molecule has 3 nitrogen and oxygen atoms in total. The fourth-order valence-electron chi connectivity index (χ4n) is 1.69. The number of rotatable bonds is 5. The van der Waals surface area contributed by atoms with Gasteiger partial charge in [-0.25, -0.2) is 0 Å². The summed E-state index contributed by atoms with van der Waals surface area (Å²) in [5.41, 5.74) is 0.900. The van der Waals surface area contributed by atoms with Crippen molar-refractivity contribution in [3.05, 3.63) is 29.8 Å². The second-order valence-corrected chi connectivity index (χ2v) is 4.21. The monoisotopic (exact) mass is 238 g/mol. The molecule has 0 bridgehead atoms. The first-order chi connectivity index (χ1) is 8.24. The molecule has 0 spiro atoms. The van der Waals surface area contributed by atoms with Gasteiger partial charge in [-0.3, -0.25) is 9.18 Å². The molecule has 92 valence electrons. The Morgan fingerprint density at radius 1 is 1.41 bits per heavy atom. The molecular formula is C13H15FO3. The molecule has 0 aromatic heterocycles. The summed E-state index contributed by atoms with van der Waals surface area (Å²) in [4.78, 5) is 11.5. The average Bonchev–Trinajstić information content (AvgIpc) is 3.16. The van der Waals surface area contributed by atoms with Crippen LogP contribution in [0.5, 0.6) is 5.75 Å². The predicted octanol–water partition coefficient (Wildman–Crippen LogP) is 2.34. The van der Waals surface area contributed by atoms with Crippen molar-refractivity contribution in [1.29, 1.82) is 0 Å². The van der Waals surface area contributed by atoms with Gasteiger partial charge in [-0.15, -0.1) is 0 Å². The highest BCUT2D eigenvalue weighted by atomic mass is 19.1. The molecular weight excluding hydrogens is 223 g/mol. The normalized spacial score (nSPS) is 22.0. The van der Waals surface area contributed by atoms with Crippen molar-refractivity contribution < 1.29 is 18.7 Å². The number of esters is 1. The third-order valence-corrected chi connectivity index (χ3v) is 2.96. The van der Waals surface area contributed by atoms with Gasteiger partial charge in [0.05, 0.1) is 19.7 Å². The van der Waals surface area contributed by atoms with Crippen LogP contribution in [0.4, 0.5) is 4.39 Å².